The summed E-state index contributed by atoms with van der Waals surface area (Å²) in [4.78, 5) is 12.9. The van der Waals surface area contributed by atoms with Gasteiger partial charge in [-0.3, -0.25) is 4.79 Å². The van der Waals surface area contributed by atoms with E-state index in [1.165, 1.54) is 11.4 Å². The van der Waals surface area contributed by atoms with Gasteiger partial charge in [0, 0.05) is 30.8 Å². The second kappa shape index (κ2) is 11.2. The van der Waals surface area contributed by atoms with Crippen LogP contribution in [-0.2, 0) is 14.8 Å². The number of benzene rings is 2. The summed E-state index contributed by atoms with van der Waals surface area (Å²) in [7, 11) is -0.780. The van der Waals surface area contributed by atoms with Crippen LogP contribution in [0.2, 0.25) is 0 Å². The second-order valence-corrected chi connectivity index (χ2v) is 10.8. The Morgan fingerprint density at radius 2 is 1.70 bits per heavy atom. The van der Waals surface area contributed by atoms with Crippen molar-refractivity contribution >= 4 is 33.8 Å². The van der Waals surface area contributed by atoms with E-state index >= 15 is 0 Å². The molecular formula is C27H31N3O6S. The van der Waals surface area contributed by atoms with Crippen LogP contribution in [0, 0.1) is 19.8 Å². The van der Waals surface area contributed by atoms with E-state index in [1.807, 2.05) is 31.2 Å². The summed E-state index contributed by atoms with van der Waals surface area (Å²) in [5, 5.41) is 6.80. The van der Waals surface area contributed by atoms with E-state index in [2.05, 4.69) is 10.5 Å². The van der Waals surface area contributed by atoms with Crippen molar-refractivity contribution in [2.45, 2.75) is 31.6 Å². The maximum Gasteiger partial charge on any atom is 0.248 e. The third-order valence-electron chi connectivity index (χ3n) is 6.41. The number of nitrogens with zero attached hydrogens (tertiary/aromatic N) is 2. The zero-order valence-corrected chi connectivity index (χ0v) is 22.2. The Morgan fingerprint density at radius 1 is 1.03 bits per heavy atom. The molecule has 10 heteroatoms. The molecule has 4 rings (SSSR count). The van der Waals surface area contributed by atoms with Gasteiger partial charge in [-0.2, -0.15) is 4.31 Å². The summed E-state index contributed by atoms with van der Waals surface area (Å²) in [6.07, 6.45) is 4.22. The van der Waals surface area contributed by atoms with Crippen LogP contribution in [0.25, 0.3) is 12.2 Å². The van der Waals surface area contributed by atoms with Crippen molar-refractivity contribution < 1.29 is 27.2 Å². The van der Waals surface area contributed by atoms with Crippen molar-refractivity contribution in [3.63, 3.8) is 0 Å². The summed E-state index contributed by atoms with van der Waals surface area (Å²) < 4.78 is 44.3. The predicted molar refractivity (Wildman–Crippen MR) is 141 cm³/mol. The number of carbonyl (C=O) groups excluding carboxylic acids is 1. The number of hydrogen-bond acceptors (Lipinski definition) is 7. The SMILES string of the molecule is COc1ccc(NC(=O)C2CCN(S(=O)(=O)c3c(C)noc3C=Cc3ccc(C)cc3)CC2)cc1OC. The van der Waals surface area contributed by atoms with Gasteiger partial charge in [0.2, 0.25) is 15.9 Å². The standard InChI is InChI=1S/C27H31N3O6S/c1-18-5-7-20(8-6-18)9-11-24-26(19(2)29-36-24)37(32,33)30-15-13-21(14-16-30)27(31)28-22-10-12-23(34-3)25(17-22)35-4/h5-12,17,21H,13-16H2,1-4H3,(H,28,31). The lowest BCUT2D eigenvalue weighted by Gasteiger charge is -2.30. The number of rotatable bonds is 8. The van der Waals surface area contributed by atoms with Crippen molar-refractivity contribution in [2.75, 3.05) is 32.6 Å². The van der Waals surface area contributed by atoms with Gasteiger partial charge in [-0.25, -0.2) is 8.42 Å². The number of anilines is 1. The van der Waals surface area contributed by atoms with Crippen LogP contribution in [-0.4, -0.2) is 51.1 Å². The van der Waals surface area contributed by atoms with Crippen LogP contribution >= 0.6 is 0 Å². The lowest BCUT2D eigenvalue weighted by molar-refractivity contribution is -0.120. The van der Waals surface area contributed by atoms with E-state index in [0.717, 1.165) is 11.1 Å². The number of carbonyl (C=O) groups is 1. The van der Waals surface area contributed by atoms with Crippen LogP contribution < -0.4 is 14.8 Å². The number of methoxy groups -OCH3 is 2. The van der Waals surface area contributed by atoms with E-state index in [0.29, 0.717) is 35.7 Å². The first-order chi connectivity index (χ1) is 17.7. The summed E-state index contributed by atoms with van der Waals surface area (Å²) in [6.45, 7) is 4.06. The van der Waals surface area contributed by atoms with Crippen LogP contribution in [0.4, 0.5) is 5.69 Å². The van der Waals surface area contributed by atoms with Gasteiger partial charge >= 0.3 is 0 Å². The molecule has 1 fully saturated rings. The number of hydrogen-bond donors (Lipinski definition) is 1. The Kier molecular flexibility index (Phi) is 7.99. The number of aromatic nitrogens is 1. The molecule has 2 aromatic carbocycles. The van der Waals surface area contributed by atoms with Gasteiger partial charge in [0.05, 0.1) is 14.2 Å². The number of nitrogens with one attached hydrogen (secondary N) is 1. The quantitative estimate of drug-likeness (QED) is 0.460. The third-order valence-corrected chi connectivity index (χ3v) is 8.47. The van der Waals surface area contributed by atoms with Crippen molar-refractivity contribution in [3.05, 3.63) is 65.0 Å². The smallest absolute Gasteiger partial charge is 0.248 e. The van der Waals surface area contributed by atoms with Gasteiger partial charge in [0.1, 0.15) is 5.69 Å². The van der Waals surface area contributed by atoms with Crippen molar-refractivity contribution in [2.24, 2.45) is 5.92 Å². The maximum atomic E-state index is 13.5. The van der Waals surface area contributed by atoms with Gasteiger partial charge in [0.25, 0.3) is 0 Å². The van der Waals surface area contributed by atoms with Gasteiger partial charge < -0.3 is 19.3 Å². The monoisotopic (exact) mass is 525 g/mol. The molecule has 37 heavy (non-hydrogen) atoms. The number of piperidine rings is 1. The molecule has 0 aliphatic carbocycles. The van der Waals surface area contributed by atoms with Crippen LogP contribution in [0.15, 0.2) is 51.9 Å². The van der Waals surface area contributed by atoms with Crippen molar-refractivity contribution in [1.29, 1.82) is 0 Å². The Hall–Kier alpha value is -3.63. The first-order valence-corrected chi connectivity index (χ1v) is 13.4. The topological polar surface area (TPSA) is 111 Å². The average molecular weight is 526 g/mol. The zero-order valence-electron chi connectivity index (χ0n) is 21.4. The van der Waals surface area contributed by atoms with Crippen molar-refractivity contribution in [3.8, 4) is 11.5 Å². The van der Waals surface area contributed by atoms with E-state index in [9.17, 15) is 13.2 Å². The van der Waals surface area contributed by atoms with Gasteiger partial charge in [-0.15, -0.1) is 0 Å². The minimum Gasteiger partial charge on any atom is -0.493 e. The molecule has 1 aliphatic heterocycles. The number of amides is 1. The Bertz CT molecular complexity index is 1390. The molecule has 1 aliphatic rings. The lowest BCUT2D eigenvalue weighted by Crippen LogP contribution is -2.41. The average Bonchev–Trinajstić information content (AvgIpc) is 3.29. The van der Waals surface area contributed by atoms with E-state index in [1.54, 1.807) is 44.4 Å². The highest BCUT2D eigenvalue weighted by Crippen LogP contribution is 2.32. The summed E-state index contributed by atoms with van der Waals surface area (Å²) >= 11 is 0. The number of sulfonamides is 1. The molecule has 9 nitrogen and oxygen atoms in total. The van der Waals surface area contributed by atoms with Crippen LogP contribution in [0.5, 0.6) is 11.5 Å². The van der Waals surface area contributed by atoms with E-state index in [-0.39, 0.29) is 35.6 Å². The molecule has 1 saturated heterocycles. The second-order valence-electron chi connectivity index (χ2n) is 8.94. The molecule has 0 bridgehead atoms. The summed E-state index contributed by atoms with van der Waals surface area (Å²) in [5.74, 6) is 0.788. The highest BCUT2D eigenvalue weighted by molar-refractivity contribution is 7.89. The van der Waals surface area contributed by atoms with E-state index in [4.69, 9.17) is 14.0 Å². The fourth-order valence-electron chi connectivity index (χ4n) is 4.29. The molecule has 0 saturated carbocycles. The fourth-order valence-corrected chi connectivity index (χ4v) is 6.01. The molecule has 0 spiro atoms. The summed E-state index contributed by atoms with van der Waals surface area (Å²) in [6, 6.07) is 13.0. The van der Waals surface area contributed by atoms with Gasteiger partial charge in [0.15, 0.2) is 22.2 Å². The normalized spacial score (nSPS) is 15.1. The fraction of sp³-hybridized carbons (Fsp3) is 0.333. The van der Waals surface area contributed by atoms with Gasteiger partial charge in [-0.05, 0) is 50.5 Å². The van der Waals surface area contributed by atoms with Gasteiger partial charge in [-0.1, -0.05) is 41.1 Å². The molecule has 1 aromatic heterocycles. The number of ether oxygens (including phenoxy) is 2. The Morgan fingerprint density at radius 3 is 2.35 bits per heavy atom. The molecule has 3 aromatic rings. The highest BCUT2D eigenvalue weighted by Gasteiger charge is 2.36. The lowest BCUT2D eigenvalue weighted by atomic mass is 9.97. The molecular weight excluding hydrogens is 494 g/mol. The van der Waals surface area contributed by atoms with Crippen LogP contribution in [0.1, 0.15) is 35.4 Å². The molecule has 0 radical (unpaired) electrons. The van der Waals surface area contributed by atoms with Crippen LogP contribution in [0.3, 0.4) is 0 Å². The predicted octanol–water partition coefficient (Wildman–Crippen LogP) is 4.52. The van der Waals surface area contributed by atoms with Crippen molar-refractivity contribution in [1.82, 2.24) is 9.46 Å². The first kappa shape index (κ1) is 26.4. The third kappa shape index (κ3) is 5.86. The maximum absolute atomic E-state index is 13.5. The summed E-state index contributed by atoms with van der Waals surface area (Å²) in [5.41, 5.74) is 2.95. The highest BCUT2D eigenvalue weighted by atomic mass is 32.2. The molecule has 2 heterocycles. The minimum absolute atomic E-state index is 0.0593. The molecule has 0 unspecified atom stereocenters. The zero-order chi connectivity index (χ0) is 26.6. The minimum atomic E-state index is -3.85. The first-order valence-electron chi connectivity index (χ1n) is 12.0. The Labute approximate surface area is 217 Å². The van der Waals surface area contributed by atoms with E-state index < -0.39 is 10.0 Å². The largest absolute Gasteiger partial charge is 0.493 e. The molecule has 1 N–H and O–H groups in total. The number of aryl methyl sites for hydroxylation is 2. The molecule has 1 amide bonds. The molecule has 196 valence electrons. The molecule has 0 atom stereocenters. The Balaban J connectivity index is 1.43.